The molecule has 1 aliphatic rings. The number of carbonyl (C=O) groups excluding carboxylic acids is 1. The van der Waals surface area contributed by atoms with Crippen LogP contribution in [0.2, 0.25) is 0 Å². The molecule has 7 heteroatoms. The molecular weight excluding hydrogens is 517 g/mol. The Kier molecular flexibility index (Phi) is 4.60. The van der Waals surface area contributed by atoms with Gasteiger partial charge in [-0.25, -0.2) is 4.39 Å². The summed E-state index contributed by atoms with van der Waals surface area (Å²) >= 11 is 6.77. The van der Waals surface area contributed by atoms with Crippen LogP contribution in [0.1, 0.15) is 27.7 Å². The van der Waals surface area contributed by atoms with Crippen LogP contribution < -0.4 is 10.3 Å². The van der Waals surface area contributed by atoms with E-state index < -0.39 is 17.8 Å². The molecule has 4 aromatic rings. The predicted octanol–water partition coefficient (Wildman–Crippen LogP) is 6.21. The Labute approximate surface area is 187 Å². The maximum absolute atomic E-state index is 13.6. The van der Waals surface area contributed by atoms with Gasteiger partial charge in [-0.15, -0.1) is 0 Å². The Balaban J connectivity index is 1.81. The van der Waals surface area contributed by atoms with Gasteiger partial charge in [-0.3, -0.25) is 14.5 Å². The molecule has 5 rings (SSSR count). The molecule has 4 nitrogen and oxygen atoms in total. The number of benzene rings is 3. The molecule has 1 amide bonds. The third kappa shape index (κ3) is 3.00. The minimum Gasteiger partial charge on any atom is -0.450 e. The molecule has 0 N–H and O–H groups in total. The molecule has 0 fully saturated rings. The first-order valence-corrected chi connectivity index (χ1v) is 10.6. The molecule has 0 aliphatic carbocycles. The largest absolute Gasteiger partial charge is 0.450 e. The zero-order chi connectivity index (χ0) is 21.0. The number of halogens is 3. The fourth-order valence-corrected chi connectivity index (χ4v) is 4.40. The molecule has 1 aromatic heterocycles. The lowest BCUT2D eigenvalue weighted by molar-refractivity contribution is 0.0971. The van der Waals surface area contributed by atoms with E-state index in [1.807, 2.05) is 12.1 Å². The molecule has 1 unspecified atom stereocenters. The second kappa shape index (κ2) is 7.18. The molecule has 1 aliphatic heterocycles. The molecule has 1 atom stereocenters. The number of amides is 1. The van der Waals surface area contributed by atoms with Gasteiger partial charge in [0.25, 0.3) is 5.91 Å². The van der Waals surface area contributed by atoms with E-state index in [2.05, 4.69) is 31.9 Å². The molecule has 2 heterocycles. The lowest BCUT2D eigenvalue weighted by Gasteiger charge is -2.25. The third-order valence-electron chi connectivity index (χ3n) is 5.12. The zero-order valence-electron chi connectivity index (χ0n) is 15.2. The lowest BCUT2D eigenvalue weighted by atomic mass is 9.98. The molecular formula is C23H12Br2FNO3. The summed E-state index contributed by atoms with van der Waals surface area (Å²) in [6.45, 7) is 0. The van der Waals surface area contributed by atoms with Crippen LogP contribution in [-0.4, -0.2) is 5.91 Å². The van der Waals surface area contributed by atoms with E-state index in [0.29, 0.717) is 22.2 Å². The Morgan fingerprint density at radius 3 is 2.23 bits per heavy atom. The van der Waals surface area contributed by atoms with Gasteiger partial charge in [-0.2, -0.15) is 0 Å². The van der Waals surface area contributed by atoms with Gasteiger partial charge < -0.3 is 4.42 Å². The predicted molar refractivity (Wildman–Crippen MR) is 119 cm³/mol. The number of hydrogen-bond acceptors (Lipinski definition) is 3. The maximum atomic E-state index is 13.6. The summed E-state index contributed by atoms with van der Waals surface area (Å²) < 4.78 is 21.1. The monoisotopic (exact) mass is 527 g/mol. The quantitative estimate of drug-likeness (QED) is 0.311. The number of hydrogen-bond donors (Lipinski definition) is 0. The normalized spacial score (nSPS) is 15.6. The van der Waals surface area contributed by atoms with E-state index in [4.69, 9.17) is 4.42 Å². The van der Waals surface area contributed by atoms with Crippen molar-refractivity contribution in [3.8, 4) is 0 Å². The number of nitrogens with zero attached hydrogens (tertiary/aromatic N) is 1. The number of anilines is 1. The molecule has 30 heavy (non-hydrogen) atoms. The van der Waals surface area contributed by atoms with Crippen molar-refractivity contribution in [1.29, 1.82) is 0 Å². The summed E-state index contributed by atoms with van der Waals surface area (Å²) in [6.07, 6.45) is 0. The van der Waals surface area contributed by atoms with Crippen molar-refractivity contribution in [2.24, 2.45) is 0 Å². The highest BCUT2D eigenvalue weighted by Crippen LogP contribution is 2.41. The SMILES string of the molecule is O=C1c2oc3ccc(Br)cc3c(=O)c2C(c2ccc(F)cc2)N1c1ccc(Br)cc1. The zero-order valence-corrected chi connectivity index (χ0v) is 18.4. The summed E-state index contributed by atoms with van der Waals surface area (Å²) in [5.41, 5.74) is 1.53. The summed E-state index contributed by atoms with van der Waals surface area (Å²) in [6, 6.07) is 17.3. The highest BCUT2D eigenvalue weighted by molar-refractivity contribution is 9.10. The average Bonchev–Trinajstić information content (AvgIpc) is 3.03. The molecule has 3 aromatic carbocycles. The van der Waals surface area contributed by atoms with Gasteiger partial charge in [0.15, 0.2) is 5.43 Å². The van der Waals surface area contributed by atoms with Crippen molar-refractivity contribution in [3.05, 3.63) is 109 Å². The third-order valence-corrected chi connectivity index (χ3v) is 6.14. The second-order valence-electron chi connectivity index (χ2n) is 6.92. The molecule has 0 radical (unpaired) electrons. The highest BCUT2D eigenvalue weighted by Gasteiger charge is 2.43. The fraction of sp³-hybridized carbons (Fsp3) is 0.0435. The average molecular weight is 529 g/mol. The summed E-state index contributed by atoms with van der Waals surface area (Å²) in [5.74, 6) is -0.802. The Bertz CT molecular complexity index is 1360. The standard InChI is InChI=1S/C23H12Br2FNO3/c24-13-3-8-16(9-4-13)27-20(12-1-6-15(26)7-2-12)19-21(28)17-11-14(25)5-10-18(17)30-22(19)23(27)29/h1-11,20H. The van der Waals surface area contributed by atoms with Gasteiger partial charge in [0.1, 0.15) is 11.4 Å². The highest BCUT2D eigenvalue weighted by atomic mass is 79.9. The van der Waals surface area contributed by atoms with E-state index in [1.165, 1.54) is 17.0 Å². The summed E-state index contributed by atoms with van der Waals surface area (Å²) in [5, 5.41) is 0.376. The molecule has 148 valence electrons. The van der Waals surface area contributed by atoms with Gasteiger partial charge in [-0.05, 0) is 60.2 Å². The Morgan fingerprint density at radius 1 is 0.867 bits per heavy atom. The Morgan fingerprint density at radius 2 is 1.53 bits per heavy atom. The number of carbonyl (C=O) groups is 1. The van der Waals surface area contributed by atoms with Gasteiger partial charge in [0.2, 0.25) is 5.76 Å². The van der Waals surface area contributed by atoms with Crippen LogP contribution in [0.15, 0.2) is 84.9 Å². The van der Waals surface area contributed by atoms with Crippen molar-refractivity contribution in [2.45, 2.75) is 6.04 Å². The van der Waals surface area contributed by atoms with Crippen LogP contribution in [-0.2, 0) is 0 Å². The van der Waals surface area contributed by atoms with E-state index in [9.17, 15) is 14.0 Å². The number of rotatable bonds is 2. The molecule has 0 saturated heterocycles. The minimum absolute atomic E-state index is 0.00654. The maximum Gasteiger partial charge on any atom is 0.295 e. The molecule has 0 spiro atoms. The van der Waals surface area contributed by atoms with Gasteiger partial charge >= 0.3 is 0 Å². The number of fused-ring (bicyclic) bond motifs is 2. The second-order valence-corrected chi connectivity index (χ2v) is 8.75. The van der Waals surface area contributed by atoms with Crippen molar-refractivity contribution < 1.29 is 13.6 Å². The Hall–Kier alpha value is -2.77. The van der Waals surface area contributed by atoms with E-state index in [-0.39, 0.29) is 16.8 Å². The van der Waals surface area contributed by atoms with E-state index in [1.54, 1.807) is 42.5 Å². The smallest absolute Gasteiger partial charge is 0.295 e. The van der Waals surface area contributed by atoms with Gasteiger partial charge in [0.05, 0.1) is 17.0 Å². The van der Waals surface area contributed by atoms with Gasteiger partial charge in [0, 0.05) is 14.6 Å². The minimum atomic E-state index is -0.728. The topological polar surface area (TPSA) is 50.5 Å². The first kappa shape index (κ1) is 19.2. The van der Waals surface area contributed by atoms with Gasteiger partial charge in [-0.1, -0.05) is 44.0 Å². The molecule has 0 bridgehead atoms. The summed E-state index contributed by atoms with van der Waals surface area (Å²) in [7, 11) is 0. The first-order valence-electron chi connectivity index (χ1n) is 9.05. The van der Waals surface area contributed by atoms with E-state index >= 15 is 0 Å². The molecule has 0 saturated carbocycles. The van der Waals surface area contributed by atoms with Crippen molar-refractivity contribution >= 4 is 54.4 Å². The van der Waals surface area contributed by atoms with Crippen LogP contribution in [0.5, 0.6) is 0 Å². The van der Waals surface area contributed by atoms with Crippen LogP contribution >= 0.6 is 31.9 Å². The fourth-order valence-electron chi connectivity index (χ4n) is 3.77. The van der Waals surface area contributed by atoms with Crippen LogP contribution in [0, 0.1) is 5.82 Å². The van der Waals surface area contributed by atoms with Crippen LogP contribution in [0.25, 0.3) is 11.0 Å². The van der Waals surface area contributed by atoms with Crippen molar-refractivity contribution in [2.75, 3.05) is 4.90 Å². The summed E-state index contributed by atoms with van der Waals surface area (Å²) in [4.78, 5) is 28.4. The first-order chi connectivity index (χ1) is 14.4. The van der Waals surface area contributed by atoms with E-state index in [0.717, 1.165) is 8.95 Å². The lowest BCUT2D eigenvalue weighted by Crippen LogP contribution is -2.29. The van der Waals surface area contributed by atoms with Crippen LogP contribution in [0.3, 0.4) is 0 Å². The van der Waals surface area contributed by atoms with Crippen molar-refractivity contribution in [3.63, 3.8) is 0 Å². The van der Waals surface area contributed by atoms with Crippen molar-refractivity contribution in [1.82, 2.24) is 0 Å². The van der Waals surface area contributed by atoms with Crippen LogP contribution in [0.4, 0.5) is 10.1 Å².